The van der Waals surface area contributed by atoms with E-state index in [2.05, 4.69) is 18.7 Å². The van der Waals surface area contributed by atoms with Crippen molar-refractivity contribution < 1.29 is 24.5 Å². The van der Waals surface area contributed by atoms with Crippen molar-refractivity contribution in [1.29, 1.82) is 0 Å². The van der Waals surface area contributed by atoms with Gasteiger partial charge in [0.05, 0.1) is 17.8 Å². The predicted molar refractivity (Wildman–Crippen MR) is 115 cm³/mol. The third-order valence-electron chi connectivity index (χ3n) is 7.22. The van der Waals surface area contributed by atoms with Crippen LogP contribution in [0.1, 0.15) is 54.3 Å². The zero-order valence-corrected chi connectivity index (χ0v) is 18.0. The highest BCUT2D eigenvalue weighted by molar-refractivity contribution is 5.89. The maximum Gasteiger partial charge on any atom is 0.336 e. The fourth-order valence-electron chi connectivity index (χ4n) is 5.63. The Kier molecular flexibility index (Phi) is 4.94. The van der Waals surface area contributed by atoms with Crippen LogP contribution in [-0.4, -0.2) is 45.9 Å². The summed E-state index contributed by atoms with van der Waals surface area (Å²) in [6.45, 7) is 6.54. The summed E-state index contributed by atoms with van der Waals surface area (Å²) in [6, 6.07) is 12.8. The number of piperidine rings is 1. The second-order valence-electron chi connectivity index (χ2n) is 9.58. The van der Waals surface area contributed by atoms with Gasteiger partial charge in [0.15, 0.2) is 11.5 Å². The first kappa shape index (κ1) is 20.3. The Bertz CT molecular complexity index is 1000. The van der Waals surface area contributed by atoms with Crippen molar-refractivity contribution in [3.05, 3.63) is 59.2 Å². The first-order valence-corrected chi connectivity index (χ1v) is 11.0. The van der Waals surface area contributed by atoms with E-state index in [1.807, 2.05) is 24.3 Å². The van der Waals surface area contributed by atoms with Gasteiger partial charge in [-0.2, -0.15) is 0 Å². The number of nitrogens with zero attached hydrogens (tertiary/aromatic N) is 1. The van der Waals surface area contributed by atoms with E-state index in [1.165, 1.54) is 0 Å². The van der Waals surface area contributed by atoms with Gasteiger partial charge in [0.25, 0.3) is 0 Å². The average molecular weight is 424 g/mol. The van der Waals surface area contributed by atoms with Crippen molar-refractivity contribution in [2.75, 3.05) is 13.1 Å². The van der Waals surface area contributed by atoms with Crippen LogP contribution >= 0.6 is 0 Å². The number of rotatable bonds is 3. The van der Waals surface area contributed by atoms with Crippen molar-refractivity contribution in [2.45, 2.75) is 51.0 Å². The van der Waals surface area contributed by atoms with Gasteiger partial charge in [-0.25, -0.2) is 4.79 Å². The van der Waals surface area contributed by atoms with Crippen LogP contribution in [0.5, 0.6) is 11.5 Å². The highest BCUT2D eigenvalue weighted by atomic mass is 16.5. The normalized spacial score (nSPS) is 29.2. The van der Waals surface area contributed by atoms with Crippen LogP contribution in [0.4, 0.5) is 0 Å². The Labute approximate surface area is 182 Å². The molecule has 6 nitrogen and oxygen atoms in total. The molecular weight excluding hydrogens is 394 g/mol. The third-order valence-corrected chi connectivity index (χ3v) is 7.22. The van der Waals surface area contributed by atoms with Gasteiger partial charge >= 0.3 is 5.97 Å². The molecule has 0 bridgehead atoms. The minimum atomic E-state index is -0.877. The number of carboxylic acid groups (broad SMARTS) is 1. The first-order valence-electron chi connectivity index (χ1n) is 11.0. The van der Waals surface area contributed by atoms with Crippen LogP contribution in [0.2, 0.25) is 0 Å². The molecule has 164 valence electrons. The van der Waals surface area contributed by atoms with Gasteiger partial charge in [-0.1, -0.05) is 30.3 Å². The van der Waals surface area contributed by atoms with Crippen molar-refractivity contribution >= 4 is 5.97 Å². The monoisotopic (exact) mass is 423 g/mol. The Morgan fingerprint density at radius 1 is 1.19 bits per heavy atom. The molecule has 2 fully saturated rings. The van der Waals surface area contributed by atoms with Crippen LogP contribution in [0.3, 0.4) is 0 Å². The maximum absolute atomic E-state index is 11.6. The summed E-state index contributed by atoms with van der Waals surface area (Å²) in [6.07, 6.45) is 1.98. The number of phenolic OH excluding ortho intramolecular Hbond substituents is 1. The van der Waals surface area contributed by atoms with Gasteiger partial charge in [0, 0.05) is 31.1 Å². The number of ether oxygens (including phenoxy) is 2. The molecule has 2 aromatic carbocycles. The lowest BCUT2D eigenvalue weighted by atomic mass is 9.70. The van der Waals surface area contributed by atoms with Crippen LogP contribution in [-0.2, 0) is 11.3 Å². The Hall–Kier alpha value is -2.57. The number of phenols is 1. The maximum atomic E-state index is 11.6. The van der Waals surface area contributed by atoms with Gasteiger partial charge in [0.1, 0.15) is 5.60 Å². The SMILES string of the molecule is CC1(C)Oc2c(O)cccc2[C@@H]2O[C@@H]3CCN(Cc4ccccc4C(=O)O)C[C@H]3C[C@H]21. The van der Waals surface area contributed by atoms with Gasteiger partial charge in [-0.3, -0.25) is 4.90 Å². The number of para-hydroxylation sites is 1. The van der Waals surface area contributed by atoms with Crippen LogP contribution in [0.15, 0.2) is 42.5 Å². The number of carboxylic acids is 1. The fraction of sp³-hybridized carbons (Fsp3) is 0.480. The van der Waals surface area contributed by atoms with Crippen molar-refractivity contribution in [3.63, 3.8) is 0 Å². The largest absolute Gasteiger partial charge is 0.504 e. The molecule has 2 aromatic rings. The summed E-state index contributed by atoms with van der Waals surface area (Å²) in [5.74, 6) is 0.400. The topological polar surface area (TPSA) is 79.2 Å². The van der Waals surface area contributed by atoms with E-state index in [1.54, 1.807) is 18.2 Å². The summed E-state index contributed by atoms with van der Waals surface area (Å²) in [7, 11) is 0. The van der Waals surface area contributed by atoms with E-state index in [0.717, 1.165) is 37.1 Å². The number of hydrogen-bond donors (Lipinski definition) is 2. The number of fused-ring (bicyclic) bond motifs is 4. The molecule has 5 rings (SSSR count). The van der Waals surface area contributed by atoms with E-state index in [9.17, 15) is 15.0 Å². The lowest BCUT2D eigenvalue weighted by Gasteiger charge is -2.53. The van der Waals surface area contributed by atoms with Gasteiger partial charge in [0.2, 0.25) is 0 Å². The van der Waals surface area contributed by atoms with E-state index in [-0.39, 0.29) is 23.9 Å². The van der Waals surface area contributed by atoms with Gasteiger partial charge in [-0.05, 0) is 50.3 Å². The number of likely N-dealkylation sites (tertiary alicyclic amines) is 1. The zero-order valence-electron chi connectivity index (χ0n) is 18.0. The van der Waals surface area contributed by atoms with E-state index >= 15 is 0 Å². The van der Waals surface area contributed by atoms with Crippen LogP contribution in [0, 0.1) is 11.8 Å². The molecule has 0 aliphatic carbocycles. The second kappa shape index (κ2) is 7.53. The highest BCUT2D eigenvalue weighted by Crippen LogP contribution is 2.54. The summed E-state index contributed by atoms with van der Waals surface area (Å²) in [5, 5.41) is 19.8. The van der Waals surface area contributed by atoms with Crippen molar-refractivity contribution in [2.24, 2.45) is 11.8 Å². The molecule has 0 saturated carbocycles. The molecule has 2 N–H and O–H groups in total. The smallest absolute Gasteiger partial charge is 0.336 e. The van der Waals surface area contributed by atoms with Gasteiger partial charge < -0.3 is 19.7 Å². The lowest BCUT2D eigenvalue weighted by Crippen LogP contribution is -2.55. The Morgan fingerprint density at radius 2 is 2.00 bits per heavy atom. The number of hydrogen-bond acceptors (Lipinski definition) is 5. The van der Waals surface area contributed by atoms with E-state index in [0.29, 0.717) is 23.8 Å². The molecule has 0 radical (unpaired) electrons. The minimum absolute atomic E-state index is 0.0774. The molecule has 0 spiro atoms. The molecule has 2 saturated heterocycles. The fourth-order valence-corrected chi connectivity index (χ4v) is 5.63. The molecule has 4 atom stereocenters. The molecule has 31 heavy (non-hydrogen) atoms. The molecule has 3 aliphatic heterocycles. The first-order chi connectivity index (χ1) is 14.8. The summed E-state index contributed by atoms with van der Waals surface area (Å²) in [4.78, 5) is 13.9. The number of aromatic carboxylic acids is 1. The number of benzene rings is 2. The van der Waals surface area contributed by atoms with Crippen molar-refractivity contribution in [3.8, 4) is 11.5 Å². The molecule has 0 amide bonds. The molecule has 3 heterocycles. The summed E-state index contributed by atoms with van der Waals surface area (Å²) >= 11 is 0. The highest BCUT2D eigenvalue weighted by Gasteiger charge is 2.51. The summed E-state index contributed by atoms with van der Waals surface area (Å²) in [5.41, 5.74) is 1.73. The van der Waals surface area contributed by atoms with E-state index in [4.69, 9.17) is 9.47 Å². The standard InChI is InChI=1S/C25H29NO5/c1-25(2)19-12-16-14-26(13-15-6-3-4-7-17(15)24(28)29)11-10-21(16)30-22(19)18-8-5-9-20(27)23(18)31-25/h3-9,16,19,21-22,27H,10-14H2,1-2H3,(H,28,29)/t16-,19-,21-,22+/m1/s1. The zero-order chi connectivity index (χ0) is 21.8. The molecule has 6 heteroatoms. The molecule has 3 aliphatic rings. The number of aromatic hydroxyl groups is 1. The van der Waals surface area contributed by atoms with Crippen LogP contribution in [0.25, 0.3) is 0 Å². The summed E-state index contributed by atoms with van der Waals surface area (Å²) < 4.78 is 12.9. The van der Waals surface area contributed by atoms with Crippen LogP contribution < -0.4 is 4.74 Å². The second-order valence-corrected chi connectivity index (χ2v) is 9.58. The predicted octanol–water partition coefficient (Wildman–Crippen LogP) is 4.23. The lowest BCUT2D eigenvalue weighted by molar-refractivity contribution is -0.188. The van der Waals surface area contributed by atoms with Gasteiger partial charge in [-0.15, -0.1) is 0 Å². The Morgan fingerprint density at radius 3 is 2.81 bits per heavy atom. The average Bonchev–Trinajstić information content (AvgIpc) is 2.74. The third kappa shape index (κ3) is 3.58. The minimum Gasteiger partial charge on any atom is -0.504 e. The quantitative estimate of drug-likeness (QED) is 0.769. The molecular formula is C25H29NO5. The number of carbonyl (C=O) groups is 1. The molecule has 0 unspecified atom stereocenters. The molecule has 0 aromatic heterocycles. The van der Waals surface area contributed by atoms with E-state index < -0.39 is 11.6 Å². The Balaban J connectivity index is 1.36. The van der Waals surface area contributed by atoms with Crippen molar-refractivity contribution in [1.82, 2.24) is 4.90 Å².